The van der Waals surface area contributed by atoms with Crippen LogP contribution in [0.25, 0.3) is 16.8 Å². The Labute approximate surface area is 224 Å². The SMILES string of the molecule is O=C(O)CCCCCCCCCCCCCCCOc1ccc(/C=C2\SC(=O)NC2=O)c2ccccc12. The highest BCUT2D eigenvalue weighted by atomic mass is 32.2. The van der Waals surface area contributed by atoms with Crippen molar-refractivity contribution in [2.45, 2.75) is 89.9 Å². The Morgan fingerprint density at radius 1 is 0.784 bits per heavy atom. The Morgan fingerprint density at radius 3 is 1.92 bits per heavy atom. The lowest BCUT2D eigenvalue weighted by molar-refractivity contribution is -0.137. The molecule has 0 spiro atoms. The highest BCUT2D eigenvalue weighted by Crippen LogP contribution is 2.32. The number of hydrogen-bond donors (Lipinski definition) is 2. The number of fused-ring (bicyclic) bond motifs is 1. The maximum Gasteiger partial charge on any atom is 0.303 e. The van der Waals surface area contributed by atoms with E-state index in [1.54, 1.807) is 6.08 Å². The lowest BCUT2D eigenvalue weighted by atomic mass is 10.0. The largest absolute Gasteiger partial charge is 0.493 e. The first-order chi connectivity index (χ1) is 18.0. The predicted octanol–water partition coefficient (Wildman–Crippen LogP) is 8.09. The van der Waals surface area contributed by atoms with Crippen LogP contribution in [-0.4, -0.2) is 28.8 Å². The number of carbonyl (C=O) groups is 3. The third kappa shape index (κ3) is 10.2. The van der Waals surface area contributed by atoms with E-state index in [9.17, 15) is 14.4 Å². The van der Waals surface area contributed by atoms with Crippen molar-refractivity contribution in [3.8, 4) is 5.75 Å². The van der Waals surface area contributed by atoms with Gasteiger partial charge < -0.3 is 9.84 Å². The number of carboxylic acids is 1. The third-order valence-electron chi connectivity index (χ3n) is 6.64. The van der Waals surface area contributed by atoms with Crippen LogP contribution in [0.4, 0.5) is 4.79 Å². The number of ether oxygens (including phenoxy) is 1. The fourth-order valence-corrected chi connectivity index (χ4v) is 5.29. The molecule has 1 aliphatic rings. The first kappa shape index (κ1) is 28.8. The second kappa shape index (κ2) is 16.1. The Hall–Kier alpha value is -2.80. The Kier molecular flexibility index (Phi) is 12.5. The van der Waals surface area contributed by atoms with Gasteiger partial charge in [-0.3, -0.25) is 19.7 Å². The summed E-state index contributed by atoms with van der Waals surface area (Å²) in [6.45, 7) is 0.684. The van der Waals surface area contributed by atoms with Crippen LogP contribution in [0, 0.1) is 0 Å². The summed E-state index contributed by atoms with van der Waals surface area (Å²) in [4.78, 5) is 34.3. The highest BCUT2D eigenvalue weighted by Gasteiger charge is 2.25. The maximum atomic E-state index is 11.9. The number of rotatable bonds is 18. The van der Waals surface area contributed by atoms with Crippen molar-refractivity contribution in [1.29, 1.82) is 0 Å². The smallest absolute Gasteiger partial charge is 0.303 e. The Balaban J connectivity index is 1.27. The molecule has 2 aromatic rings. The fourth-order valence-electron chi connectivity index (χ4n) is 4.61. The number of aliphatic carboxylic acids is 1. The Morgan fingerprint density at radius 2 is 1.35 bits per heavy atom. The van der Waals surface area contributed by atoms with E-state index in [2.05, 4.69) is 5.32 Å². The fraction of sp³-hybridized carbons (Fsp3) is 0.500. The highest BCUT2D eigenvalue weighted by molar-refractivity contribution is 8.18. The minimum Gasteiger partial charge on any atom is -0.493 e. The molecule has 200 valence electrons. The van der Waals surface area contributed by atoms with Gasteiger partial charge in [0.2, 0.25) is 0 Å². The number of nitrogens with one attached hydrogen (secondary N) is 1. The maximum absolute atomic E-state index is 11.9. The van der Waals surface area contributed by atoms with E-state index in [0.29, 0.717) is 17.9 Å². The normalized spacial score (nSPS) is 14.4. The van der Waals surface area contributed by atoms with E-state index in [0.717, 1.165) is 59.5 Å². The average molecular weight is 526 g/mol. The molecule has 3 rings (SSSR count). The molecule has 37 heavy (non-hydrogen) atoms. The van der Waals surface area contributed by atoms with E-state index < -0.39 is 5.97 Å². The number of unbranched alkanes of at least 4 members (excludes halogenated alkanes) is 12. The third-order valence-corrected chi connectivity index (χ3v) is 7.45. The number of carboxylic acid groups (broad SMARTS) is 1. The second-order valence-electron chi connectivity index (χ2n) is 9.64. The molecule has 1 fully saturated rings. The summed E-state index contributed by atoms with van der Waals surface area (Å²) in [6, 6.07) is 11.9. The van der Waals surface area contributed by atoms with Crippen molar-refractivity contribution in [3.63, 3.8) is 0 Å². The topological polar surface area (TPSA) is 92.7 Å². The molecule has 1 aliphatic heterocycles. The zero-order valence-corrected chi connectivity index (χ0v) is 22.5. The molecule has 6 nitrogen and oxygen atoms in total. The molecule has 0 radical (unpaired) electrons. The standard InChI is InChI=1S/C30H39NO5S/c32-28(33)18-12-10-8-6-4-2-1-3-5-7-9-11-15-21-36-26-20-19-23(24-16-13-14-17-25(24)26)22-27-29(34)31-30(35)37-27/h13-14,16-17,19-20,22H,1-12,15,18,21H2,(H,32,33)(H,31,34,35)/b27-22-. The average Bonchev–Trinajstić information content (AvgIpc) is 3.20. The van der Waals surface area contributed by atoms with Gasteiger partial charge in [0, 0.05) is 11.8 Å². The zero-order valence-electron chi connectivity index (χ0n) is 21.6. The first-order valence-corrected chi connectivity index (χ1v) is 14.5. The van der Waals surface area contributed by atoms with Crippen molar-refractivity contribution in [2.24, 2.45) is 0 Å². The van der Waals surface area contributed by atoms with E-state index in [4.69, 9.17) is 9.84 Å². The van der Waals surface area contributed by atoms with Gasteiger partial charge in [0.25, 0.3) is 11.1 Å². The molecule has 0 atom stereocenters. The van der Waals surface area contributed by atoms with Crippen LogP contribution in [0.1, 0.15) is 95.5 Å². The van der Waals surface area contributed by atoms with Gasteiger partial charge in [-0.05, 0) is 47.7 Å². The van der Waals surface area contributed by atoms with Crippen LogP contribution >= 0.6 is 11.8 Å². The van der Waals surface area contributed by atoms with Crippen LogP contribution in [-0.2, 0) is 9.59 Å². The number of hydrogen-bond acceptors (Lipinski definition) is 5. The first-order valence-electron chi connectivity index (χ1n) is 13.7. The van der Waals surface area contributed by atoms with Gasteiger partial charge in [-0.25, -0.2) is 0 Å². The molecule has 0 bridgehead atoms. The molecule has 0 aliphatic carbocycles. The number of amides is 2. The second-order valence-corrected chi connectivity index (χ2v) is 10.7. The van der Waals surface area contributed by atoms with Crippen molar-refractivity contribution in [2.75, 3.05) is 6.61 Å². The zero-order chi connectivity index (χ0) is 26.3. The van der Waals surface area contributed by atoms with Crippen LogP contribution in [0.15, 0.2) is 41.3 Å². The van der Waals surface area contributed by atoms with Gasteiger partial charge in [0.1, 0.15) is 5.75 Å². The van der Waals surface area contributed by atoms with Crippen LogP contribution in [0.5, 0.6) is 5.75 Å². The molecule has 1 heterocycles. The minimum absolute atomic E-state index is 0.307. The van der Waals surface area contributed by atoms with Crippen LogP contribution in [0.3, 0.4) is 0 Å². The van der Waals surface area contributed by atoms with Gasteiger partial charge in [-0.15, -0.1) is 0 Å². The predicted molar refractivity (Wildman–Crippen MR) is 151 cm³/mol. The van der Waals surface area contributed by atoms with Gasteiger partial charge in [0.05, 0.1) is 11.5 Å². The molecule has 0 aromatic heterocycles. The summed E-state index contributed by atoms with van der Waals surface area (Å²) >= 11 is 0.930. The van der Waals surface area contributed by atoms with E-state index in [1.807, 2.05) is 36.4 Å². The monoisotopic (exact) mass is 525 g/mol. The van der Waals surface area contributed by atoms with Crippen LogP contribution in [0.2, 0.25) is 0 Å². The number of imide groups is 1. The molecule has 2 amide bonds. The van der Waals surface area contributed by atoms with E-state index in [1.165, 1.54) is 57.8 Å². The van der Waals surface area contributed by atoms with E-state index >= 15 is 0 Å². The Bertz CT molecular complexity index is 1080. The molecule has 0 saturated carbocycles. The molecule has 1 saturated heterocycles. The van der Waals surface area contributed by atoms with Gasteiger partial charge >= 0.3 is 5.97 Å². The molecular formula is C30H39NO5S. The summed E-state index contributed by atoms with van der Waals surface area (Å²) in [6.07, 6.45) is 17.5. The van der Waals surface area contributed by atoms with Crippen molar-refractivity contribution >= 4 is 45.7 Å². The number of carbonyl (C=O) groups excluding carboxylic acids is 2. The van der Waals surface area contributed by atoms with Gasteiger partial charge in [-0.1, -0.05) is 101 Å². The molecular weight excluding hydrogens is 486 g/mol. The van der Waals surface area contributed by atoms with Crippen molar-refractivity contribution < 1.29 is 24.2 Å². The summed E-state index contributed by atoms with van der Waals surface area (Å²) in [5, 5.41) is 12.6. The van der Waals surface area contributed by atoms with E-state index in [-0.39, 0.29) is 11.1 Å². The van der Waals surface area contributed by atoms with Crippen molar-refractivity contribution in [3.05, 3.63) is 46.9 Å². The molecule has 2 aromatic carbocycles. The summed E-state index contributed by atoms with van der Waals surface area (Å²) in [5.74, 6) is -0.182. The number of thioether (sulfide) groups is 1. The van der Waals surface area contributed by atoms with Crippen molar-refractivity contribution in [1.82, 2.24) is 5.32 Å². The van der Waals surface area contributed by atoms with Crippen LogP contribution < -0.4 is 10.1 Å². The summed E-state index contributed by atoms with van der Waals surface area (Å²) < 4.78 is 6.11. The lowest BCUT2D eigenvalue weighted by Crippen LogP contribution is -2.17. The number of benzene rings is 2. The lowest BCUT2D eigenvalue weighted by Gasteiger charge is -2.11. The van der Waals surface area contributed by atoms with Gasteiger partial charge in [-0.2, -0.15) is 0 Å². The van der Waals surface area contributed by atoms with Gasteiger partial charge in [0.15, 0.2) is 0 Å². The molecule has 7 heteroatoms. The quantitative estimate of drug-likeness (QED) is 0.151. The minimum atomic E-state index is -0.682. The molecule has 2 N–H and O–H groups in total. The molecule has 0 unspecified atom stereocenters. The summed E-state index contributed by atoms with van der Waals surface area (Å²) in [7, 11) is 0. The summed E-state index contributed by atoms with van der Waals surface area (Å²) in [5.41, 5.74) is 0.894.